The Labute approximate surface area is 110 Å². The lowest BCUT2D eigenvalue weighted by atomic mass is 10.1. The molecule has 0 saturated carbocycles. The lowest BCUT2D eigenvalue weighted by molar-refractivity contribution is 0.0486. The van der Waals surface area contributed by atoms with Gasteiger partial charge in [-0.3, -0.25) is 4.90 Å². The molecule has 0 aliphatic rings. The van der Waals surface area contributed by atoms with E-state index in [0.717, 1.165) is 18.8 Å². The van der Waals surface area contributed by atoms with Crippen LogP contribution in [0.5, 0.6) is 5.75 Å². The van der Waals surface area contributed by atoms with Gasteiger partial charge < -0.3 is 4.74 Å². The van der Waals surface area contributed by atoms with Gasteiger partial charge in [0.15, 0.2) is 0 Å². The molecule has 1 aromatic rings. The minimum absolute atomic E-state index is 0.0563. The summed E-state index contributed by atoms with van der Waals surface area (Å²) < 4.78 is 5.92. The molecule has 17 heavy (non-hydrogen) atoms. The van der Waals surface area contributed by atoms with Crippen LogP contribution in [0.3, 0.4) is 0 Å². The van der Waals surface area contributed by atoms with E-state index in [1.54, 1.807) is 0 Å². The topological polar surface area (TPSA) is 12.5 Å². The van der Waals surface area contributed by atoms with Gasteiger partial charge in [0.2, 0.25) is 0 Å². The summed E-state index contributed by atoms with van der Waals surface area (Å²) in [5.74, 6) is 1.56. The molecular formula is C14H22ClNO. The average molecular weight is 256 g/mol. The monoisotopic (exact) mass is 255 g/mol. The highest BCUT2D eigenvalue weighted by atomic mass is 35.5. The third-order valence-corrected chi connectivity index (χ3v) is 3.25. The molecule has 0 heterocycles. The van der Waals surface area contributed by atoms with Gasteiger partial charge in [-0.05, 0) is 50.6 Å². The van der Waals surface area contributed by atoms with Crippen molar-refractivity contribution in [1.29, 1.82) is 0 Å². The maximum absolute atomic E-state index is 5.92. The number of alkyl halides is 1. The molecule has 0 aliphatic heterocycles. The van der Waals surface area contributed by atoms with Crippen LogP contribution in [0.2, 0.25) is 0 Å². The minimum Gasteiger partial charge on any atom is -0.475 e. The molecule has 0 aliphatic carbocycles. The van der Waals surface area contributed by atoms with Gasteiger partial charge in [0.1, 0.15) is 12.0 Å². The predicted molar refractivity (Wildman–Crippen MR) is 74.0 cm³/mol. The van der Waals surface area contributed by atoms with Crippen molar-refractivity contribution < 1.29 is 4.74 Å². The zero-order valence-corrected chi connectivity index (χ0v) is 11.9. The summed E-state index contributed by atoms with van der Waals surface area (Å²) >= 11 is 5.77. The van der Waals surface area contributed by atoms with Crippen LogP contribution in [-0.2, 0) is 0 Å². The molecular weight excluding hydrogens is 234 g/mol. The van der Waals surface area contributed by atoms with Gasteiger partial charge in [0.05, 0.1) is 0 Å². The zero-order chi connectivity index (χ0) is 12.8. The van der Waals surface area contributed by atoms with Gasteiger partial charge in [0, 0.05) is 12.4 Å². The van der Waals surface area contributed by atoms with E-state index in [1.165, 1.54) is 11.1 Å². The molecule has 3 heteroatoms. The van der Waals surface area contributed by atoms with Crippen LogP contribution >= 0.6 is 11.6 Å². The fourth-order valence-electron chi connectivity index (χ4n) is 1.76. The molecule has 0 radical (unpaired) electrons. The zero-order valence-electron chi connectivity index (χ0n) is 11.2. The van der Waals surface area contributed by atoms with E-state index in [2.05, 4.69) is 44.7 Å². The second-order valence-corrected chi connectivity index (χ2v) is 4.66. The normalized spacial score (nSPS) is 12.8. The Bertz CT molecular complexity index is 354. The Balaban J connectivity index is 2.66. The Morgan fingerprint density at radius 1 is 1.29 bits per heavy atom. The second-order valence-electron chi connectivity index (χ2n) is 4.28. The van der Waals surface area contributed by atoms with Crippen LogP contribution in [0.15, 0.2) is 18.2 Å². The number of halogens is 1. The van der Waals surface area contributed by atoms with Crippen molar-refractivity contribution in [3.8, 4) is 5.75 Å². The Morgan fingerprint density at radius 2 is 2.00 bits per heavy atom. The molecule has 1 aromatic carbocycles. The molecule has 2 nitrogen and oxygen atoms in total. The van der Waals surface area contributed by atoms with Crippen LogP contribution in [0.1, 0.15) is 25.0 Å². The van der Waals surface area contributed by atoms with Gasteiger partial charge in [-0.1, -0.05) is 13.0 Å². The highest BCUT2D eigenvalue weighted by Gasteiger charge is 2.12. The molecule has 0 saturated heterocycles. The van der Waals surface area contributed by atoms with Gasteiger partial charge in [-0.15, -0.1) is 11.6 Å². The molecule has 0 fully saturated rings. The number of aryl methyl sites for hydroxylation is 2. The maximum Gasteiger partial charge on any atom is 0.149 e. The van der Waals surface area contributed by atoms with Gasteiger partial charge >= 0.3 is 0 Å². The number of hydrogen-bond acceptors (Lipinski definition) is 2. The molecule has 0 bridgehead atoms. The lowest BCUT2D eigenvalue weighted by Gasteiger charge is -2.27. The summed E-state index contributed by atoms with van der Waals surface area (Å²) in [6.07, 6.45) is 0.0563. The SMILES string of the molecule is CCN(CCCl)C(C)Oc1ccc(C)c(C)c1. The van der Waals surface area contributed by atoms with E-state index < -0.39 is 0 Å². The summed E-state index contributed by atoms with van der Waals surface area (Å²) in [5, 5.41) is 0. The quantitative estimate of drug-likeness (QED) is 0.569. The van der Waals surface area contributed by atoms with E-state index in [4.69, 9.17) is 16.3 Å². The molecule has 96 valence electrons. The summed E-state index contributed by atoms with van der Waals surface area (Å²) in [6.45, 7) is 10.2. The van der Waals surface area contributed by atoms with Crippen LogP contribution in [-0.4, -0.2) is 30.1 Å². The molecule has 0 N–H and O–H groups in total. The highest BCUT2D eigenvalue weighted by Crippen LogP contribution is 2.18. The number of ether oxygens (including phenoxy) is 1. The van der Waals surface area contributed by atoms with E-state index in [1.807, 2.05) is 6.07 Å². The van der Waals surface area contributed by atoms with Crippen molar-refractivity contribution in [2.45, 2.75) is 33.9 Å². The third-order valence-electron chi connectivity index (χ3n) is 3.08. The van der Waals surface area contributed by atoms with Crippen molar-refractivity contribution in [1.82, 2.24) is 4.90 Å². The standard InChI is InChI=1S/C14H22ClNO/c1-5-16(9-8-15)13(4)17-14-7-6-11(2)12(3)10-14/h6-7,10,13H,5,8-9H2,1-4H3. The molecule has 1 rings (SSSR count). The van der Waals surface area contributed by atoms with Gasteiger partial charge in [-0.2, -0.15) is 0 Å². The second kappa shape index (κ2) is 6.87. The summed E-state index contributed by atoms with van der Waals surface area (Å²) in [4.78, 5) is 2.21. The molecule has 0 spiro atoms. The first-order valence-electron chi connectivity index (χ1n) is 6.12. The molecule has 0 amide bonds. The Kier molecular flexibility index (Phi) is 5.79. The first-order valence-corrected chi connectivity index (χ1v) is 6.65. The van der Waals surface area contributed by atoms with Crippen molar-refractivity contribution in [2.24, 2.45) is 0 Å². The Morgan fingerprint density at radius 3 is 2.53 bits per heavy atom. The molecule has 1 atom stereocenters. The maximum atomic E-state index is 5.92. The van der Waals surface area contributed by atoms with Crippen molar-refractivity contribution in [3.63, 3.8) is 0 Å². The van der Waals surface area contributed by atoms with Crippen LogP contribution in [0.4, 0.5) is 0 Å². The van der Waals surface area contributed by atoms with E-state index in [0.29, 0.717) is 5.88 Å². The predicted octanol–water partition coefficient (Wildman–Crippen LogP) is 3.59. The smallest absolute Gasteiger partial charge is 0.149 e. The number of hydrogen-bond donors (Lipinski definition) is 0. The van der Waals surface area contributed by atoms with E-state index in [-0.39, 0.29) is 6.23 Å². The van der Waals surface area contributed by atoms with Crippen molar-refractivity contribution in [3.05, 3.63) is 29.3 Å². The van der Waals surface area contributed by atoms with Gasteiger partial charge in [-0.25, -0.2) is 0 Å². The number of nitrogens with zero attached hydrogens (tertiary/aromatic N) is 1. The Hall–Kier alpha value is -0.730. The fraction of sp³-hybridized carbons (Fsp3) is 0.571. The third kappa shape index (κ3) is 4.21. The van der Waals surface area contributed by atoms with Crippen LogP contribution in [0, 0.1) is 13.8 Å². The first-order chi connectivity index (χ1) is 8.08. The van der Waals surface area contributed by atoms with E-state index >= 15 is 0 Å². The van der Waals surface area contributed by atoms with Crippen molar-refractivity contribution in [2.75, 3.05) is 19.0 Å². The molecule has 1 unspecified atom stereocenters. The summed E-state index contributed by atoms with van der Waals surface area (Å²) in [5.41, 5.74) is 2.55. The van der Waals surface area contributed by atoms with E-state index in [9.17, 15) is 0 Å². The fourth-order valence-corrected chi connectivity index (χ4v) is 1.98. The molecule has 0 aromatic heterocycles. The highest BCUT2D eigenvalue weighted by molar-refractivity contribution is 6.18. The van der Waals surface area contributed by atoms with Crippen LogP contribution < -0.4 is 4.74 Å². The van der Waals surface area contributed by atoms with Gasteiger partial charge in [0.25, 0.3) is 0 Å². The van der Waals surface area contributed by atoms with Crippen LogP contribution in [0.25, 0.3) is 0 Å². The summed E-state index contributed by atoms with van der Waals surface area (Å²) in [6, 6.07) is 6.20. The summed E-state index contributed by atoms with van der Waals surface area (Å²) in [7, 11) is 0. The van der Waals surface area contributed by atoms with Crippen molar-refractivity contribution >= 4 is 11.6 Å². The average Bonchev–Trinajstić information content (AvgIpc) is 2.30. The lowest BCUT2D eigenvalue weighted by Crippen LogP contribution is -2.38. The largest absolute Gasteiger partial charge is 0.475 e. The first kappa shape index (κ1) is 14.3. The minimum atomic E-state index is 0.0563. The number of rotatable bonds is 6. The number of benzene rings is 1.